The van der Waals surface area contributed by atoms with Crippen molar-refractivity contribution in [2.45, 2.75) is 671 Å². The average Bonchev–Trinajstić information content (AvgIpc) is 1.60. The van der Waals surface area contributed by atoms with E-state index in [2.05, 4.69) is 102 Å². The van der Waals surface area contributed by atoms with Gasteiger partial charge in [-0.25, -0.2) is 4.70 Å². The van der Waals surface area contributed by atoms with E-state index in [1.807, 2.05) is 0 Å². The summed E-state index contributed by atoms with van der Waals surface area (Å²) in [6.07, 6.45) is 140. The molecule has 3 rings (SSSR count). The van der Waals surface area contributed by atoms with Crippen molar-refractivity contribution in [1.29, 1.82) is 0 Å². The van der Waals surface area contributed by atoms with Crippen molar-refractivity contribution in [2.75, 3.05) is 0 Å². The monoisotopic (exact) mass is 1740 g/mol. The van der Waals surface area contributed by atoms with Crippen molar-refractivity contribution in [3.8, 4) is 11.8 Å². The molecule has 0 radical (unpaired) electrons. The van der Waals surface area contributed by atoms with Crippen LogP contribution in [0.5, 0.6) is 0 Å². The summed E-state index contributed by atoms with van der Waals surface area (Å²) < 4.78 is 1.71. The Morgan fingerprint density at radius 1 is 0.206 bits per heavy atom. The van der Waals surface area contributed by atoms with Crippen molar-refractivity contribution in [2.24, 2.45) is 0 Å². The second-order valence-corrected chi connectivity index (χ2v) is 41.5. The van der Waals surface area contributed by atoms with Gasteiger partial charge in [-0.2, -0.15) is 0 Å². The summed E-state index contributed by atoms with van der Waals surface area (Å²) in [4.78, 5) is 0. The molecule has 0 saturated heterocycles. The van der Waals surface area contributed by atoms with Gasteiger partial charge in [-0.05, 0) is 117 Å². The minimum Gasteiger partial charge on any atom is -0.493 e. The van der Waals surface area contributed by atoms with E-state index in [0.29, 0.717) is 0 Å². The Balaban J connectivity index is 1.95. The lowest BCUT2D eigenvalue weighted by Crippen LogP contribution is -2.05. The molecule has 0 aromatic heterocycles. The van der Waals surface area contributed by atoms with E-state index >= 15 is 0 Å². The number of aryl methyl sites for hydroxylation is 4. The summed E-state index contributed by atoms with van der Waals surface area (Å²) in [5, 5.41) is 0. The van der Waals surface area contributed by atoms with Crippen LogP contribution in [-0.4, -0.2) is 4.70 Å². The molecular weight excluding hydrogens is 1520 g/mol. The van der Waals surface area contributed by atoms with Gasteiger partial charge in [0.05, 0.1) is 5.57 Å². The standard InChI is InChI=1S/C124H222N2/c1-7-13-19-25-31-37-41-45-49-53-55-57-59-60-62-64-66-68-72-76-80-84-90-96-102-108-122-121(107-101-95-89-83-79-75-71-67-65-63-61-58-56-54-50-46-42-38-32-26-20-14-8-2)123(119-111-115(103-97-91-85-35-29-23-17-11-5)109-117(113-119)105-99-93-87-81-77-73-69-51-47-43-39-33-27-21-15-9-3)126(125)124(122)120-112-116(104-98-92-86-36-30-24-18-12-6)110-118(114-120)106-100-94-88-82-78-74-70-52-48-44-40-34-28-22-16-10-4/h101,107,109-114H,7-100,103-106H2,1-6H3. The Hall–Kier alpha value is -3.18. The van der Waals surface area contributed by atoms with Crippen molar-refractivity contribution in [3.05, 3.63) is 98.6 Å². The summed E-state index contributed by atoms with van der Waals surface area (Å²) in [7, 11) is 0. The lowest BCUT2D eigenvalue weighted by atomic mass is 9.93. The van der Waals surface area contributed by atoms with Gasteiger partial charge in [0.1, 0.15) is 5.57 Å². The Morgan fingerprint density at radius 3 is 0.587 bits per heavy atom. The molecule has 0 amide bonds. The first-order valence-electron chi connectivity index (χ1n) is 58.9. The fraction of sp³-hybridized carbons (Fsp3) is 0.839. The maximum atomic E-state index is 13.8. The van der Waals surface area contributed by atoms with E-state index in [4.69, 9.17) is 0 Å². The Bertz CT molecular complexity index is 2810. The molecule has 0 N–H and O–H groups in total. The fourth-order valence-corrected chi connectivity index (χ4v) is 20.5. The van der Waals surface area contributed by atoms with E-state index in [9.17, 15) is 5.53 Å². The zero-order chi connectivity index (χ0) is 89.7. The van der Waals surface area contributed by atoms with Crippen molar-refractivity contribution in [3.63, 3.8) is 0 Å². The molecule has 2 nitrogen and oxygen atoms in total. The van der Waals surface area contributed by atoms with Gasteiger partial charge in [0.2, 0.25) is 11.4 Å². The molecule has 2 heteroatoms. The second-order valence-electron chi connectivity index (χ2n) is 41.5. The van der Waals surface area contributed by atoms with Crippen LogP contribution in [0.1, 0.15) is 678 Å². The predicted octanol–water partition coefficient (Wildman–Crippen LogP) is 44.4. The first kappa shape index (κ1) is 117. The van der Waals surface area contributed by atoms with Gasteiger partial charge in [0, 0.05) is 17.5 Å². The summed E-state index contributed by atoms with van der Waals surface area (Å²) in [5.74, 6) is 7.91. The van der Waals surface area contributed by atoms with Gasteiger partial charge < -0.3 is 5.53 Å². The number of benzene rings is 2. The first-order chi connectivity index (χ1) is 62.5. The number of allylic oxidation sites excluding steroid dienone is 4. The summed E-state index contributed by atoms with van der Waals surface area (Å²) >= 11 is 0. The maximum Gasteiger partial charge on any atom is 0.224 e. The van der Waals surface area contributed by atoms with Crippen LogP contribution in [0.25, 0.3) is 16.9 Å². The highest BCUT2D eigenvalue weighted by molar-refractivity contribution is 5.88. The third-order valence-corrected chi connectivity index (χ3v) is 29.0. The number of hydrogen-bond donors (Lipinski definition) is 0. The van der Waals surface area contributed by atoms with Crippen LogP contribution in [0.2, 0.25) is 0 Å². The van der Waals surface area contributed by atoms with Crippen LogP contribution in [0.4, 0.5) is 0 Å². The van der Waals surface area contributed by atoms with Gasteiger partial charge in [-0.15, -0.1) is 0 Å². The third kappa shape index (κ3) is 70.5. The highest BCUT2D eigenvalue weighted by atomic mass is 15.2. The highest BCUT2D eigenvalue weighted by Gasteiger charge is 2.35. The van der Waals surface area contributed by atoms with E-state index in [0.717, 1.165) is 67.5 Å². The number of rotatable bonds is 100. The molecule has 0 bridgehead atoms. The molecule has 126 heavy (non-hydrogen) atoms. The average molecular weight is 1740 g/mol. The second kappa shape index (κ2) is 93.6. The molecule has 1 heterocycles. The Labute approximate surface area is 792 Å². The molecule has 1 aliphatic heterocycles. The summed E-state index contributed by atoms with van der Waals surface area (Å²) in [6, 6.07) is 15.3. The third-order valence-electron chi connectivity index (χ3n) is 29.0. The van der Waals surface area contributed by atoms with E-state index in [1.165, 1.54) is 618 Å². The van der Waals surface area contributed by atoms with E-state index in [1.54, 1.807) is 4.70 Å². The minimum absolute atomic E-state index is 0.910. The molecule has 728 valence electrons. The van der Waals surface area contributed by atoms with Gasteiger partial charge in [0.15, 0.2) is 0 Å². The van der Waals surface area contributed by atoms with E-state index in [-0.39, 0.29) is 0 Å². The molecule has 0 aliphatic carbocycles. The number of nitrogens with zero attached hydrogens (tertiary/aromatic N) is 2. The van der Waals surface area contributed by atoms with E-state index < -0.39 is 0 Å². The highest BCUT2D eigenvalue weighted by Crippen LogP contribution is 2.43. The fourth-order valence-electron chi connectivity index (χ4n) is 20.5. The zero-order valence-electron chi connectivity index (χ0n) is 86.8. The van der Waals surface area contributed by atoms with Gasteiger partial charge in [-0.3, -0.25) is 0 Å². The summed E-state index contributed by atoms with van der Waals surface area (Å²) in [5.41, 5.74) is 26.1. The molecule has 2 aromatic carbocycles. The number of unbranched alkanes of at least 4 members (excludes halogenated alkanes) is 88. The molecule has 0 atom stereocenters. The SMILES string of the molecule is CCCCCCCCCCCCCCCCCCCCCCCC=CC1=C(c2cc(CCCCCCCCCC)cc(CCCCCCCCCCCCCCCCCC)c2)[N+](=[N-])C(c2cc(CCCCCCCCCC)cc(CCCCCCCCCCCCCCCCCC)c2)=C1C#CCCCCCCCCCCCCCCCCCCCCCCCCC. The number of hydrogen-bond acceptors (Lipinski definition) is 0. The molecule has 0 unspecified atom stereocenters. The van der Waals surface area contributed by atoms with Crippen molar-refractivity contribution in [1.82, 2.24) is 0 Å². The van der Waals surface area contributed by atoms with Crippen LogP contribution in [0, 0.1) is 11.8 Å². The normalized spacial score (nSPS) is 12.5. The molecule has 0 spiro atoms. The zero-order valence-corrected chi connectivity index (χ0v) is 86.8. The molecule has 0 fully saturated rings. The molecular formula is C124H222N2. The van der Waals surface area contributed by atoms with Crippen molar-refractivity contribution >= 4 is 11.4 Å². The lowest BCUT2D eigenvalue weighted by Gasteiger charge is -2.14. The van der Waals surface area contributed by atoms with Gasteiger partial charge >= 0.3 is 0 Å². The molecule has 1 aliphatic rings. The Morgan fingerprint density at radius 2 is 0.381 bits per heavy atom. The van der Waals surface area contributed by atoms with Crippen LogP contribution in [-0.2, 0) is 25.7 Å². The molecule has 0 saturated carbocycles. The quantitative estimate of drug-likeness (QED) is 0.0358. The maximum absolute atomic E-state index is 13.8. The first-order valence-corrected chi connectivity index (χ1v) is 58.9. The van der Waals surface area contributed by atoms with Gasteiger partial charge in [0.25, 0.3) is 0 Å². The molecule has 2 aromatic rings. The van der Waals surface area contributed by atoms with Crippen LogP contribution >= 0.6 is 0 Å². The van der Waals surface area contributed by atoms with Crippen LogP contribution < -0.4 is 0 Å². The predicted molar refractivity (Wildman–Crippen MR) is 570 cm³/mol. The largest absolute Gasteiger partial charge is 0.493 e. The van der Waals surface area contributed by atoms with Gasteiger partial charge in [-0.1, -0.05) is 630 Å². The van der Waals surface area contributed by atoms with Crippen molar-refractivity contribution < 1.29 is 4.70 Å². The summed E-state index contributed by atoms with van der Waals surface area (Å²) in [6.45, 7) is 14.0. The van der Waals surface area contributed by atoms with Crippen LogP contribution in [0.15, 0.2) is 59.7 Å². The lowest BCUT2D eigenvalue weighted by molar-refractivity contribution is -0.344. The smallest absolute Gasteiger partial charge is 0.224 e. The minimum atomic E-state index is 0.910. The topological polar surface area (TPSA) is 25.3 Å². The Kier molecular flexibility index (Phi) is 86.9. The van der Waals surface area contributed by atoms with Crippen LogP contribution in [0.3, 0.4) is 0 Å².